The summed E-state index contributed by atoms with van der Waals surface area (Å²) in [6.07, 6.45) is 0.265. The first-order chi connectivity index (χ1) is 16.8. The van der Waals surface area contributed by atoms with Crippen LogP contribution in [0.4, 0.5) is 26.4 Å². The zero-order chi connectivity index (χ0) is 25.3. The molecular weight excluding hydrogens is 456 g/mol. The van der Waals surface area contributed by atoms with Gasteiger partial charge < -0.3 is 16.8 Å². The summed E-state index contributed by atoms with van der Waals surface area (Å²) in [4.78, 5) is 25.6. The maximum Gasteiger partial charge on any atom is 0.269 e. The van der Waals surface area contributed by atoms with Crippen molar-refractivity contribution in [1.82, 2.24) is 19.5 Å². The Hall–Kier alpha value is -5.10. The van der Waals surface area contributed by atoms with Gasteiger partial charge in [0.1, 0.15) is 45.8 Å². The minimum atomic E-state index is -0.945. The topological polar surface area (TPSA) is 172 Å². The SMILES string of the molecule is CC[C@H](Nc1nc(N)nc(N)c1C#N)c1nc2c(F)ccc(F)c2c(=O)n1-c1cccc(C#N)c1. The number of nitrogen functional groups attached to an aromatic ring is 2. The highest BCUT2D eigenvalue weighted by Gasteiger charge is 2.25. The summed E-state index contributed by atoms with van der Waals surface area (Å²) in [6, 6.07) is 10.8. The minimum Gasteiger partial charge on any atom is -0.382 e. The van der Waals surface area contributed by atoms with E-state index < -0.39 is 34.1 Å². The van der Waals surface area contributed by atoms with E-state index in [1.807, 2.05) is 12.1 Å². The number of nitrogens with zero attached hydrogens (tertiary/aromatic N) is 6. The molecule has 0 saturated heterocycles. The molecule has 0 aliphatic heterocycles. The van der Waals surface area contributed by atoms with Crippen molar-refractivity contribution in [3.8, 4) is 17.8 Å². The fourth-order valence-electron chi connectivity index (χ4n) is 3.66. The van der Waals surface area contributed by atoms with Gasteiger partial charge in [-0.25, -0.2) is 13.8 Å². The van der Waals surface area contributed by atoms with E-state index in [2.05, 4.69) is 20.3 Å². The highest BCUT2D eigenvalue weighted by molar-refractivity contribution is 5.79. The zero-order valence-electron chi connectivity index (χ0n) is 18.3. The highest BCUT2D eigenvalue weighted by atomic mass is 19.1. The summed E-state index contributed by atoms with van der Waals surface area (Å²) in [7, 11) is 0. The number of rotatable bonds is 5. The number of hydrogen-bond acceptors (Lipinski definition) is 9. The molecule has 4 aromatic rings. The summed E-state index contributed by atoms with van der Waals surface area (Å²) >= 11 is 0. The van der Waals surface area contributed by atoms with Crippen LogP contribution in [0.3, 0.4) is 0 Å². The largest absolute Gasteiger partial charge is 0.382 e. The molecule has 0 saturated carbocycles. The number of hydrogen-bond donors (Lipinski definition) is 3. The second-order valence-corrected chi connectivity index (χ2v) is 7.43. The first-order valence-electron chi connectivity index (χ1n) is 10.3. The summed E-state index contributed by atoms with van der Waals surface area (Å²) in [5.41, 5.74) is 10.5. The monoisotopic (exact) mass is 473 g/mol. The van der Waals surface area contributed by atoms with Crippen LogP contribution in [0.1, 0.15) is 36.3 Å². The summed E-state index contributed by atoms with van der Waals surface area (Å²) in [5, 5.41) is 21.3. The van der Waals surface area contributed by atoms with Gasteiger partial charge >= 0.3 is 0 Å². The van der Waals surface area contributed by atoms with Gasteiger partial charge in [0.25, 0.3) is 5.56 Å². The number of aromatic nitrogens is 4. The molecule has 0 unspecified atom stereocenters. The molecule has 2 heterocycles. The maximum absolute atomic E-state index is 14.7. The molecule has 0 radical (unpaired) electrons. The van der Waals surface area contributed by atoms with Crippen molar-refractivity contribution in [1.29, 1.82) is 10.5 Å². The molecule has 174 valence electrons. The van der Waals surface area contributed by atoms with E-state index in [-0.39, 0.29) is 46.6 Å². The zero-order valence-corrected chi connectivity index (χ0v) is 18.3. The summed E-state index contributed by atoms with van der Waals surface area (Å²) in [5.74, 6) is -2.21. The smallest absolute Gasteiger partial charge is 0.269 e. The highest BCUT2D eigenvalue weighted by Crippen LogP contribution is 2.28. The Labute approximate surface area is 197 Å². The molecule has 35 heavy (non-hydrogen) atoms. The fourth-order valence-corrected chi connectivity index (χ4v) is 3.66. The Morgan fingerprint density at radius 1 is 1.09 bits per heavy atom. The third-order valence-electron chi connectivity index (χ3n) is 5.28. The second kappa shape index (κ2) is 9.03. The van der Waals surface area contributed by atoms with Gasteiger partial charge in [-0.2, -0.15) is 20.5 Å². The average Bonchev–Trinajstić information content (AvgIpc) is 2.84. The standard InChI is InChI=1S/C23H17F2N9O/c1-2-16(30-20-13(10-27)19(28)32-23(29)33-20)21-31-18-15(25)7-6-14(24)17(18)22(35)34(21)12-5-3-4-11(8-12)9-26/h3-8,16H,2H2,1H3,(H5,28,29,30,32,33)/t16-/m0/s1. The normalized spacial score (nSPS) is 11.6. The molecule has 4 rings (SSSR count). The molecule has 0 bridgehead atoms. The quantitative estimate of drug-likeness (QED) is 0.394. The van der Waals surface area contributed by atoms with Crippen molar-refractivity contribution in [3.63, 3.8) is 0 Å². The lowest BCUT2D eigenvalue weighted by atomic mass is 10.1. The van der Waals surface area contributed by atoms with Crippen LogP contribution < -0.4 is 22.3 Å². The Balaban J connectivity index is 2.04. The molecule has 0 spiro atoms. The van der Waals surface area contributed by atoms with E-state index in [0.29, 0.717) is 0 Å². The van der Waals surface area contributed by atoms with Gasteiger partial charge in [-0.05, 0) is 36.8 Å². The average molecular weight is 473 g/mol. The number of nitriles is 2. The maximum atomic E-state index is 14.7. The van der Waals surface area contributed by atoms with Gasteiger partial charge in [0, 0.05) is 0 Å². The van der Waals surface area contributed by atoms with E-state index in [0.717, 1.165) is 16.7 Å². The van der Waals surface area contributed by atoms with Gasteiger partial charge in [-0.3, -0.25) is 9.36 Å². The molecule has 0 aliphatic rings. The van der Waals surface area contributed by atoms with Crippen molar-refractivity contribution >= 4 is 28.5 Å². The van der Waals surface area contributed by atoms with E-state index in [1.54, 1.807) is 13.0 Å². The number of nitrogens with two attached hydrogens (primary N) is 2. The predicted octanol–water partition coefficient (Wildman–Crippen LogP) is 2.92. The van der Waals surface area contributed by atoms with Crippen LogP contribution in [0.25, 0.3) is 16.6 Å². The van der Waals surface area contributed by atoms with Crippen molar-refractivity contribution in [2.24, 2.45) is 0 Å². The minimum absolute atomic E-state index is 0.00997. The molecule has 1 atom stereocenters. The first kappa shape index (κ1) is 23.1. The lowest BCUT2D eigenvalue weighted by Gasteiger charge is -2.23. The van der Waals surface area contributed by atoms with Crippen LogP contribution in [0.5, 0.6) is 0 Å². The Morgan fingerprint density at radius 2 is 1.83 bits per heavy atom. The van der Waals surface area contributed by atoms with Crippen LogP contribution in [-0.2, 0) is 0 Å². The molecule has 0 fully saturated rings. The van der Waals surface area contributed by atoms with Gasteiger partial charge in [-0.1, -0.05) is 13.0 Å². The third kappa shape index (κ3) is 4.05. The molecule has 0 amide bonds. The van der Waals surface area contributed by atoms with Crippen LogP contribution in [0.2, 0.25) is 0 Å². The molecule has 10 nitrogen and oxygen atoms in total. The molecular formula is C23H17F2N9O. The van der Waals surface area contributed by atoms with Crippen LogP contribution >= 0.6 is 0 Å². The molecule has 12 heteroatoms. The van der Waals surface area contributed by atoms with Crippen molar-refractivity contribution in [3.05, 3.63) is 75.3 Å². The van der Waals surface area contributed by atoms with Crippen molar-refractivity contribution in [2.45, 2.75) is 19.4 Å². The van der Waals surface area contributed by atoms with Crippen molar-refractivity contribution < 1.29 is 8.78 Å². The number of nitrogens with one attached hydrogen (secondary N) is 1. The van der Waals surface area contributed by atoms with Crippen LogP contribution in [-0.4, -0.2) is 19.5 Å². The Kier molecular flexibility index (Phi) is 5.96. The lowest BCUT2D eigenvalue weighted by Crippen LogP contribution is -2.29. The number of anilines is 3. The lowest BCUT2D eigenvalue weighted by molar-refractivity contribution is 0.604. The van der Waals surface area contributed by atoms with Crippen molar-refractivity contribution in [2.75, 3.05) is 16.8 Å². The Morgan fingerprint density at radius 3 is 2.51 bits per heavy atom. The second-order valence-electron chi connectivity index (χ2n) is 7.43. The molecule has 0 aliphatic carbocycles. The Bertz CT molecular complexity index is 1620. The van der Waals surface area contributed by atoms with Gasteiger partial charge in [-0.15, -0.1) is 0 Å². The molecule has 2 aromatic heterocycles. The van der Waals surface area contributed by atoms with E-state index in [1.165, 1.54) is 18.2 Å². The summed E-state index contributed by atoms with van der Waals surface area (Å²) in [6.45, 7) is 1.74. The van der Waals surface area contributed by atoms with Gasteiger partial charge in [0.2, 0.25) is 5.95 Å². The fraction of sp³-hybridized carbons (Fsp3) is 0.130. The molecule has 5 N–H and O–H groups in total. The van der Waals surface area contributed by atoms with E-state index >= 15 is 0 Å². The first-order valence-corrected chi connectivity index (χ1v) is 10.3. The van der Waals surface area contributed by atoms with E-state index in [9.17, 15) is 24.1 Å². The van der Waals surface area contributed by atoms with Gasteiger partial charge in [0.05, 0.1) is 23.4 Å². The van der Waals surface area contributed by atoms with E-state index in [4.69, 9.17) is 11.5 Å². The summed E-state index contributed by atoms with van der Waals surface area (Å²) < 4.78 is 30.4. The number of fused-ring (bicyclic) bond motifs is 1. The predicted molar refractivity (Wildman–Crippen MR) is 124 cm³/mol. The molecule has 2 aromatic carbocycles. The number of benzene rings is 2. The van der Waals surface area contributed by atoms with Crippen LogP contribution in [0, 0.1) is 34.3 Å². The third-order valence-corrected chi connectivity index (χ3v) is 5.28. The van der Waals surface area contributed by atoms with Crippen LogP contribution in [0.15, 0.2) is 41.2 Å². The van der Waals surface area contributed by atoms with Gasteiger partial charge in [0.15, 0.2) is 5.82 Å². The number of halogens is 2.